The van der Waals surface area contributed by atoms with Crippen LogP contribution in [0.15, 0.2) is 9.63 Å². The van der Waals surface area contributed by atoms with E-state index < -0.39 is 16.1 Å². The topological polar surface area (TPSA) is 106 Å². The molecule has 0 spiro atoms. The Hall–Kier alpha value is -1.00. The van der Waals surface area contributed by atoms with E-state index in [1.54, 1.807) is 0 Å². The fourth-order valence-corrected chi connectivity index (χ4v) is 3.80. The van der Waals surface area contributed by atoms with Crippen LogP contribution in [-0.4, -0.2) is 41.4 Å². The normalized spacial score (nSPS) is 17.2. The van der Waals surface area contributed by atoms with Gasteiger partial charge in [-0.25, -0.2) is 13.1 Å². The molecule has 19 heavy (non-hydrogen) atoms. The number of hydrogen-bond donors (Lipinski definition) is 2. The predicted octanol–water partition coefficient (Wildman–Crippen LogP) is -0.477. The van der Waals surface area contributed by atoms with Crippen LogP contribution in [0.4, 0.5) is 0 Å². The molecule has 1 aromatic heterocycles. The number of halogens is 1. The Bertz CT molecular complexity index is 575. The van der Waals surface area contributed by atoms with Crippen LogP contribution in [0.5, 0.6) is 0 Å². The lowest BCUT2D eigenvalue weighted by Gasteiger charge is -2.14. The summed E-state index contributed by atoms with van der Waals surface area (Å²) in [5.74, 6) is -0.336. The third-order valence-electron chi connectivity index (χ3n) is 2.64. The van der Waals surface area contributed by atoms with E-state index in [0.717, 1.165) is 17.5 Å². The lowest BCUT2D eigenvalue weighted by atomic mass is 10.3. The molecule has 106 valence electrons. The maximum absolute atomic E-state index is 12.1. The van der Waals surface area contributed by atoms with Gasteiger partial charge in [0.25, 0.3) is 10.0 Å². The second-order valence-corrected chi connectivity index (χ2v) is 6.82. The van der Waals surface area contributed by atoms with Gasteiger partial charge in [0.15, 0.2) is 4.60 Å². The van der Waals surface area contributed by atoms with E-state index in [0.29, 0.717) is 0 Å². The van der Waals surface area contributed by atoms with E-state index in [1.165, 1.54) is 14.0 Å². The van der Waals surface area contributed by atoms with Gasteiger partial charge in [-0.05, 0) is 35.7 Å². The molecular weight excluding hydrogens is 338 g/mol. The third-order valence-corrected chi connectivity index (χ3v) is 5.07. The van der Waals surface area contributed by atoms with Crippen molar-refractivity contribution in [2.24, 2.45) is 7.05 Å². The van der Waals surface area contributed by atoms with Crippen LogP contribution in [0.3, 0.4) is 0 Å². The van der Waals surface area contributed by atoms with Gasteiger partial charge >= 0.3 is 0 Å². The van der Waals surface area contributed by atoms with Gasteiger partial charge in [-0.3, -0.25) is 4.79 Å². The van der Waals surface area contributed by atoms with Crippen molar-refractivity contribution in [1.82, 2.24) is 25.0 Å². The van der Waals surface area contributed by atoms with Crippen LogP contribution in [0.2, 0.25) is 0 Å². The summed E-state index contributed by atoms with van der Waals surface area (Å²) in [5.41, 5.74) is 0. The van der Waals surface area contributed by atoms with Crippen molar-refractivity contribution in [2.75, 3.05) is 0 Å². The Balaban J connectivity index is 2.10. The highest BCUT2D eigenvalue weighted by Crippen LogP contribution is 2.20. The standard InChI is InChI=1S/C9H14BrN5O3S/c1-5(8(16)11-6-3-4-6)13-19(17,18)9-7(10)12-14-15(9)2/h5-6,13H,3-4H2,1-2H3,(H,11,16). The number of nitrogens with zero attached hydrogens (tertiary/aromatic N) is 3. The van der Waals surface area contributed by atoms with E-state index in [1.807, 2.05) is 0 Å². The molecule has 0 saturated heterocycles. The number of nitrogens with one attached hydrogen (secondary N) is 2. The Morgan fingerprint density at radius 2 is 2.16 bits per heavy atom. The Morgan fingerprint density at radius 3 is 2.63 bits per heavy atom. The first-order chi connectivity index (χ1) is 8.81. The monoisotopic (exact) mass is 351 g/mol. The average Bonchev–Trinajstić information content (AvgIpc) is 3.03. The number of aromatic nitrogens is 3. The molecule has 1 amide bonds. The van der Waals surface area contributed by atoms with Crippen LogP contribution in [0.1, 0.15) is 19.8 Å². The smallest absolute Gasteiger partial charge is 0.261 e. The zero-order chi connectivity index (χ0) is 14.2. The molecule has 1 fully saturated rings. The molecule has 1 saturated carbocycles. The van der Waals surface area contributed by atoms with Gasteiger partial charge in [-0.2, -0.15) is 4.72 Å². The summed E-state index contributed by atoms with van der Waals surface area (Å²) < 4.78 is 27.8. The molecule has 2 rings (SSSR count). The number of rotatable bonds is 5. The first-order valence-electron chi connectivity index (χ1n) is 5.69. The number of sulfonamides is 1. The van der Waals surface area contributed by atoms with E-state index >= 15 is 0 Å². The van der Waals surface area contributed by atoms with Gasteiger partial charge in [-0.1, -0.05) is 5.21 Å². The fraction of sp³-hybridized carbons (Fsp3) is 0.667. The van der Waals surface area contributed by atoms with E-state index in [2.05, 4.69) is 36.3 Å². The van der Waals surface area contributed by atoms with E-state index in [-0.39, 0.29) is 21.6 Å². The molecule has 0 bridgehead atoms. The molecule has 2 N–H and O–H groups in total. The maximum atomic E-state index is 12.1. The number of carbonyl (C=O) groups is 1. The lowest BCUT2D eigenvalue weighted by Crippen LogP contribution is -2.45. The quantitative estimate of drug-likeness (QED) is 0.745. The minimum atomic E-state index is -3.86. The highest BCUT2D eigenvalue weighted by atomic mass is 79.9. The largest absolute Gasteiger partial charge is 0.352 e. The van der Waals surface area contributed by atoms with Gasteiger partial charge in [0, 0.05) is 13.1 Å². The fourth-order valence-electron chi connectivity index (χ4n) is 1.50. The number of hydrogen-bond acceptors (Lipinski definition) is 5. The Labute approximate surface area is 119 Å². The second-order valence-electron chi connectivity index (χ2n) is 4.43. The van der Waals surface area contributed by atoms with Crippen molar-refractivity contribution in [3.05, 3.63) is 4.60 Å². The van der Waals surface area contributed by atoms with Gasteiger partial charge in [0.1, 0.15) is 0 Å². The van der Waals surface area contributed by atoms with Gasteiger partial charge < -0.3 is 5.32 Å². The highest BCUT2D eigenvalue weighted by molar-refractivity contribution is 9.10. The molecule has 1 unspecified atom stereocenters. The molecule has 1 aliphatic carbocycles. The van der Waals surface area contributed by atoms with E-state index in [4.69, 9.17) is 0 Å². The summed E-state index contributed by atoms with van der Waals surface area (Å²) in [5, 5.41) is 9.82. The van der Waals surface area contributed by atoms with Crippen molar-refractivity contribution >= 4 is 31.9 Å². The van der Waals surface area contributed by atoms with Crippen molar-refractivity contribution in [3.8, 4) is 0 Å². The van der Waals surface area contributed by atoms with Gasteiger partial charge in [0.05, 0.1) is 6.04 Å². The zero-order valence-corrected chi connectivity index (χ0v) is 12.8. The summed E-state index contributed by atoms with van der Waals surface area (Å²) in [4.78, 5) is 11.7. The molecule has 10 heteroatoms. The number of aryl methyl sites for hydroxylation is 1. The Morgan fingerprint density at radius 1 is 1.53 bits per heavy atom. The lowest BCUT2D eigenvalue weighted by molar-refractivity contribution is -0.122. The van der Waals surface area contributed by atoms with Crippen molar-refractivity contribution < 1.29 is 13.2 Å². The summed E-state index contributed by atoms with van der Waals surface area (Å²) in [6.45, 7) is 1.49. The summed E-state index contributed by atoms with van der Waals surface area (Å²) in [6.07, 6.45) is 1.89. The molecule has 1 aromatic rings. The summed E-state index contributed by atoms with van der Waals surface area (Å²) in [6, 6.07) is -0.669. The number of carbonyl (C=O) groups excluding carboxylic acids is 1. The van der Waals surface area contributed by atoms with Crippen LogP contribution in [-0.2, 0) is 21.9 Å². The predicted molar refractivity (Wildman–Crippen MR) is 69.7 cm³/mol. The van der Waals surface area contributed by atoms with Crippen molar-refractivity contribution in [2.45, 2.75) is 36.9 Å². The Kier molecular flexibility index (Phi) is 3.92. The zero-order valence-electron chi connectivity index (χ0n) is 10.4. The first-order valence-corrected chi connectivity index (χ1v) is 7.97. The molecule has 1 atom stereocenters. The van der Waals surface area contributed by atoms with Gasteiger partial charge in [-0.15, -0.1) is 5.10 Å². The van der Waals surface area contributed by atoms with Gasteiger partial charge in [0.2, 0.25) is 10.9 Å². The SMILES string of the molecule is CC(NS(=O)(=O)c1c(Br)nnn1C)C(=O)NC1CC1. The first kappa shape index (κ1) is 14.4. The molecule has 0 aromatic carbocycles. The molecule has 1 heterocycles. The molecule has 0 radical (unpaired) electrons. The van der Waals surface area contributed by atoms with Crippen LogP contribution in [0, 0.1) is 0 Å². The average molecular weight is 352 g/mol. The highest BCUT2D eigenvalue weighted by Gasteiger charge is 2.30. The maximum Gasteiger partial charge on any atom is 0.261 e. The minimum Gasteiger partial charge on any atom is -0.352 e. The van der Waals surface area contributed by atoms with Crippen LogP contribution in [0.25, 0.3) is 0 Å². The number of amides is 1. The molecule has 1 aliphatic rings. The van der Waals surface area contributed by atoms with Crippen LogP contribution < -0.4 is 10.0 Å². The summed E-state index contributed by atoms with van der Waals surface area (Å²) >= 11 is 3.02. The molecule has 0 aliphatic heterocycles. The van der Waals surface area contributed by atoms with Crippen LogP contribution >= 0.6 is 15.9 Å². The van der Waals surface area contributed by atoms with Crippen molar-refractivity contribution in [1.29, 1.82) is 0 Å². The molecule has 8 nitrogen and oxygen atoms in total. The third kappa shape index (κ3) is 3.31. The van der Waals surface area contributed by atoms with Crippen molar-refractivity contribution in [3.63, 3.8) is 0 Å². The molecular formula is C9H14BrN5O3S. The summed E-state index contributed by atoms with van der Waals surface area (Å²) in [7, 11) is -2.40. The van der Waals surface area contributed by atoms with E-state index in [9.17, 15) is 13.2 Å². The second kappa shape index (κ2) is 5.17. The minimum absolute atomic E-state index is 0.109.